The summed E-state index contributed by atoms with van der Waals surface area (Å²) in [6.07, 6.45) is 4.17. The molecule has 1 aliphatic rings. The fourth-order valence-corrected chi connectivity index (χ4v) is 4.87. The molecular weight excluding hydrogens is 426 g/mol. The molecule has 0 aliphatic heterocycles. The van der Waals surface area contributed by atoms with Crippen molar-refractivity contribution in [2.24, 2.45) is 0 Å². The van der Waals surface area contributed by atoms with Crippen molar-refractivity contribution in [3.05, 3.63) is 74.7 Å². The molecule has 1 atom stereocenters. The SMILES string of the molecule is COc1ccc2cnn(CCc3n[nH]c(=S)n3C3CCc4ccccc43)c(=O)c2c1OC. The third-order valence-electron chi connectivity index (χ3n) is 6.10. The van der Waals surface area contributed by atoms with E-state index in [0.29, 0.717) is 40.0 Å². The van der Waals surface area contributed by atoms with E-state index in [1.54, 1.807) is 25.4 Å². The number of fused-ring (bicyclic) bond motifs is 2. The Morgan fingerprint density at radius 3 is 2.84 bits per heavy atom. The van der Waals surface area contributed by atoms with E-state index in [1.165, 1.54) is 22.9 Å². The van der Waals surface area contributed by atoms with Crippen molar-refractivity contribution in [1.82, 2.24) is 24.5 Å². The van der Waals surface area contributed by atoms with Crippen molar-refractivity contribution in [3.63, 3.8) is 0 Å². The lowest BCUT2D eigenvalue weighted by Gasteiger charge is -2.16. The maximum absolute atomic E-state index is 13.2. The molecule has 0 bridgehead atoms. The van der Waals surface area contributed by atoms with Crippen LogP contribution in [0, 0.1) is 4.77 Å². The molecule has 0 fully saturated rings. The number of aromatic amines is 1. The average molecular weight is 450 g/mol. The molecule has 32 heavy (non-hydrogen) atoms. The monoisotopic (exact) mass is 449 g/mol. The van der Waals surface area contributed by atoms with Gasteiger partial charge < -0.3 is 9.47 Å². The summed E-state index contributed by atoms with van der Waals surface area (Å²) in [4.78, 5) is 13.2. The van der Waals surface area contributed by atoms with Crippen LogP contribution in [0.15, 0.2) is 47.4 Å². The smallest absolute Gasteiger partial charge is 0.278 e. The van der Waals surface area contributed by atoms with Crippen LogP contribution in [0.5, 0.6) is 11.5 Å². The first-order valence-electron chi connectivity index (χ1n) is 10.5. The van der Waals surface area contributed by atoms with Gasteiger partial charge in [0, 0.05) is 11.8 Å². The van der Waals surface area contributed by atoms with E-state index < -0.39 is 0 Å². The van der Waals surface area contributed by atoms with Crippen LogP contribution in [-0.2, 0) is 19.4 Å². The van der Waals surface area contributed by atoms with Gasteiger partial charge in [-0.25, -0.2) is 4.68 Å². The zero-order chi connectivity index (χ0) is 22.2. The lowest BCUT2D eigenvalue weighted by atomic mass is 10.1. The van der Waals surface area contributed by atoms with Crippen molar-refractivity contribution in [2.45, 2.75) is 31.8 Å². The Hall–Kier alpha value is -3.46. The molecule has 4 aromatic rings. The van der Waals surface area contributed by atoms with Crippen LogP contribution >= 0.6 is 12.2 Å². The first-order chi connectivity index (χ1) is 15.6. The molecule has 0 amide bonds. The van der Waals surface area contributed by atoms with Gasteiger partial charge in [-0.3, -0.25) is 14.5 Å². The minimum absolute atomic E-state index is 0.151. The summed E-state index contributed by atoms with van der Waals surface area (Å²) in [5.41, 5.74) is 2.40. The minimum atomic E-state index is -0.231. The molecule has 8 nitrogen and oxygen atoms in total. The molecule has 5 rings (SSSR count). The number of methoxy groups -OCH3 is 2. The highest BCUT2D eigenvalue weighted by molar-refractivity contribution is 7.71. The van der Waals surface area contributed by atoms with Crippen LogP contribution in [0.4, 0.5) is 0 Å². The molecule has 164 valence electrons. The molecular formula is C23H23N5O3S. The Balaban J connectivity index is 1.49. The van der Waals surface area contributed by atoms with Gasteiger partial charge in [-0.15, -0.1) is 0 Å². The molecule has 1 unspecified atom stereocenters. The third-order valence-corrected chi connectivity index (χ3v) is 6.39. The maximum atomic E-state index is 13.2. The van der Waals surface area contributed by atoms with Gasteiger partial charge in [0.25, 0.3) is 5.56 Å². The van der Waals surface area contributed by atoms with Crippen molar-refractivity contribution < 1.29 is 9.47 Å². The molecule has 9 heteroatoms. The minimum Gasteiger partial charge on any atom is -0.493 e. The first-order valence-corrected chi connectivity index (χ1v) is 10.9. The van der Waals surface area contributed by atoms with Gasteiger partial charge in [0.1, 0.15) is 5.82 Å². The molecule has 0 saturated heterocycles. The highest BCUT2D eigenvalue weighted by Gasteiger charge is 2.26. The van der Waals surface area contributed by atoms with Gasteiger partial charge in [-0.2, -0.15) is 10.2 Å². The Morgan fingerprint density at radius 1 is 1.19 bits per heavy atom. The van der Waals surface area contributed by atoms with Gasteiger partial charge in [0.2, 0.25) is 0 Å². The number of aromatic nitrogens is 5. The zero-order valence-corrected chi connectivity index (χ0v) is 18.7. The molecule has 2 aromatic carbocycles. The highest BCUT2D eigenvalue weighted by atomic mass is 32.1. The summed E-state index contributed by atoms with van der Waals surface area (Å²) < 4.78 is 14.9. The first kappa shape index (κ1) is 20.4. The van der Waals surface area contributed by atoms with Crippen LogP contribution in [0.2, 0.25) is 0 Å². The van der Waals surface area contributed by atoms with Gasteiger partial charge in [0.05, 0.1) is 38.4 Å². The number of hydrogen-bond donors (Lipinski definition) is 1. The summed E-state index contributed by atoms with van der Waals surface area (Å²) in [5.74, 6) is 1.73. The van der Waals surface area contributed by atoms with Gasteiger partial charge >= 0.3 is 0 Å². The Bertz CT molecular complexity index is 1420. The summed E-state index contributed by atoms with van der Waals surface area (Å²) in [7, 11) is 3.08. The van der Waals surface area contributed by atoms with Crippen molar-refractivity contribution >= 4 is 23.0 Å². The van der Waals surface area contributed by atoms with E-state index >= 15 is 0 Å². The number of nitrogens with zero attached hydrogens (tertiary/aromatic N) is 4. The van der Waals surface area contributed by atoms with E-state index in [9.17, 15) is 4.79 Å². The molecule has 0 saturated carbocycles. The lowest BCUT2D eigenvalue weighted by Crippen LogP contribution is -2.25. The Kier molecular flexibility index (Phi) is 5.26. The lowest BCUT2D eigenvalue weighted by molar-refractivity contribution is 0.358. The summed E-state index contributed by atoms with van der Waals surface area (Å²) in [6.45, 7) is 0.364. The second-order valence-electron chi connectivity index (χ2n) is 7.76. The largest absolute Gasteiger partial charge is 0.493 e. The van der Waals surface area contributed by atoms with E-state index in [0.717, 1.165) is 18.7 Å². The normalized spacial score (nSPS) is 15.1. The fourth-order valence-electron chi connectivity index (χ4n) is 4.59. The Labute approximate surface area is 189 Å². The predicted octanol–water partition coefficient (Wildman–Crippen LogP) is 3.45. The number of H-pyrrole nitrogens is 1. The van der Waals surface area contributed by atoms with Crippen molar-refractivity contribution in [3.8, 4) is 11.5 Å². The maximum Gasteiger partial charge on any atom is 0.278 e. The predicted molar refractivity (Wildman–Crippen MR) is 123 cm³/mol. The van der Waals surface area contributed by atoms with Crippen LogP contribution in [0.25, 0.3) is 10.8 Å². The molecule has 0 spiro atoms. The third kappa shape index (κ3) is 3.29. The van der Waals surface area contributed by atoms with E-state index in [4.69, 9.17) is 21.7 Å². The fraction of sp³-hybridized carbons (Fsp3) is 0.304. The van der Waals surface area contributed by atoms with E-state index in [-0.39, 0.29) is 11.6 Å². The van der Waals surface area contributed by atoms with E-state index in [2.05, 4.69) is 44.1 Å². The quantitative estimate of drug-likeness (QED) is 0.454. The van der Waals surface area contributed by atoms with Gasteiger partial charge in [0.15, 0.2) is 16.3 Å². The molecule has 0 radical (unpaired) electrons. The zero-order valence-electron chi connectivity index (χ0n) is 17.9. The van der Waals surface area contributed by atoms with Crippen molar-refractivity contribution in [1.29, 1.82) is 0 Å². The van der Waals surface area contributed by atoms with Gasteiger partial charge in [-0.1, -0.05) is 24.3 Å². The van der Waals surface area contributed by atoms with Gasteiger partial charge in [-0.05, 0) is 48.3 Å². The number of hydrogen-bond acceptors (Lipinski definition) is 6. The average Bonchev–Trinajstić information content (AvgIpc) is 3.40. The van der Waals surface area contributed by atoms with Crippen LogP contribution in [0.1, 0.15) is 29.4 Å². The number of aryl methyl sites for hydroxylation is 3. The molecule has 1 N–H and O–H groups in total. The van der Waals surface area contributed by atoms with Crippen LogP contribution < -0.4 is 15.0 Å². The summed E-state index contributed by atoms with van der Waals surface area (Å²) >= 11 is 5.55. The molecule has 2 aromatic heterocycles. The number of rotatable bonds is 6. The number of benzene rings is 2. The summed E-state index contributed by atoms with van der Waals surface area (Å²) in [5, 5.41) is 12.9. The number of nitrogens with one attached hydrogen (secondary N) is 1. The second-order valence-corrected chi connectivity index (χ2v) is 8.14. The molecule has 2 heterocycles. The Morgan fingerprint density at radius 2 is 2.03 bits per heavy atom. The second kappa shape index (κ2) is 8.23. The van der Waals surface area contributed by atoms with Crippen molar-refractivity contribution in [2.75, 3.05) is 14.2 Å². The standard InChI is InChI=1S/C23H23N5O3S/c1-30-18-10-8-15-13-24-27(22(29)20(15)21(18)31-2)12-11-19-25-26-23(32)28(19)17-9-7-14-5-3-4-6-16(14)17/h3-6,8,10,13,17H,7,9,11-12H2,1-2H3,(H,26,32). The topological polar surface area (TPSA) is 87.0 Å². The summed E-state index contributed by atoms with van der Waals surface area (Å²) in [6, 6.07) is 12.2. The van der Waals surface area contributed by atoms with E-state index in [1.807, 2.05) is 0 Å². The molecule has 1 aliphatic carbocycles. The highest BCUT2D eigenvalue weighted by Crippen LogP contribution is 2.35. The van der Waals surface area contributed by atoms with Crippen LogP contribution in [0.3, 0.4) is 0 Å². The van der Waals surface area contributed by atoms with Crippen LogP contribution in [-0.4, -0.2) is 38.8 Å². The number of ether oxygens (including phenoxy) is 2.